The minimum absolute atomic E-state index is 0.231. The number of hydrogen-bond acceptors (Lipinski definition) is 5. The Labute approximate surface area is 139 Å². The van der Waals surface area contributed by atoms with Gasteiger partial charge in [-0.15, -0.1) is 0 Å². The minimum atomic E-state index is -1.53. The molecule has 1 heterocycles. The second-order valence-electron chi connectivity index (χ2n) is 7.12. The summed E-state index contributed by atoms with van der Waals surface area (Å²) in [6.07, 6.45) is 1.04. The first kappa shape index (κ1) is 16.9. The van der Waals surface area contributed by atoms with Gasteiger partial charge in [0.2, 0.25) is 11.7 Å². The molecule has 132 valence electrons. The van der Waals surface area contributed by atoms with Crippen LogP contribution in [-0.4, -0.2) is 76.9 Å². The number of likely N-dealkylation sites (N-methyl/N-ethyl adjacent to an activating group) is 1. The molecule has 3 fully saturated rings. The summed E-state index contributed by atoms with van der Waals surface area (Å²) in [5.41, 5.74) is 0. The van der Waals surface area contributed by atoms with Crippen molar-refractivity contribution in [3.63, 3.8) is 0 Å². The summed E-state index contributed by atoms with van der Waals surface area (Å²) in [6, 6.07) is 0. The van der Waals surface area contributed by atoms with E-state index in [0.717, 1.165) is 13.1 Å². The van der Waals surface area contributed by atoms with Gasteiger partial charge in [-0.05, 0) is 31.7 Å². The summed E-state index contributed by atoms with van der Waals surface area (Å²) in [4.78, 5) is 51.6. The first-order valence-corrected chi connectivity index (χ1v) is 8.30. The molecule has 8 nitrogen and oxygen atoms in total. The third kappa shape index (κ3) is 2.58. The van der Waals surface area contributed by atoms with Crippen LogP contribution in [-0.2, 0) is 19.2 Å². The predicted octanol–water partition coefficient (Wildman–Crippen LogP) is -0.613. The molecule has 3 rings (SSSR count). The molecule has 0 aromatic heterocycles. The van der Waals surface area contributed by atoms with Crippen LogP contribution in [0.3, 0.4) is 0 Å². The number of hydrogen-bond donors (Lipinski definition) is 2. The number of fused-ring (bicyclic) bond motifs is 2. The van der Waals surface area contributed by atoms with Gasteiger partial charge in [-0.1, -0.05) is 0 Å². The molecule has 2 aliphatic carbocycles. The fourth-order valence-electron chi connectivity index (χ4n) is 4.84. The fourth-order valence-corrected chi connectivity index (χ4v) is 4.84. The molecule has 2 N–H and O–H groups in total. The highest BCUT2D eigenvalue weighted by Crippen LogP contribution is 2.57. The number of aliphatic carboxylic acids is 2. The van der Waals surface area contributed by atoms with E-state index in [1.807, 2.05) is 7.05 Å². The molecular formula is C16H22N2O6. The van der Waals surface area contributed by atoms with Crippen LogP contribution in [0.25, 0.3) is 0 Å². The number of Topliss-reactive ketones (excluding diaryl/α,β-unsaturated/α-hetero) is 1. The Balaban J connectivity index is 1.86. The molecule has 0 spiro atoms. The minimum Gasteiger partial charge on any atom is -0.481 e. The Morgan fingerprint density at radius 1 is 0.833 bits per heavy atom. The van der Waals surface area contributed by atoms with E-state index < -0.39 is 47.3 Å². The molecule has 0 aromatic rings. The Morgan fingerprint density at radius 2 is 1.38 bits per heavy atom. The number of carbonyl (C=O) groups is 4. The molecular weight excluding hydrogens is 316 g/mol. The van der Waals surface area contributed by atoms with Crippen molar-refractivity contribution < 1.29 is 29.4 Å². The van der Waals surface area contributed by atoms with Gasteiger partial charge in [-0.2, -0.15) is 0 Å². The number of carboxylic acids is 2. The van der Waals surface area contributed by atoms with Crippen molar-refractivity contribution in [2.75, 3.05) is 33.2 Å². The number of ketones is 1. The van der Waals surface area contributed by atoms with Crippen molar-refractivity contribution in [2.45, 2.75) is 12.8 Å². The SMILES string of the molecule is CN1CCN(C(=O)C2C3CCC(C3C(=O)C(=O)O)C2C(=O)O)CC1. The van der Waals surface area contributed by atoms with Crippen LogP contribution in [0.1, 0.15) is 12.8 Å². The summed E-state index contributed by atoms with van der Waals surface area (Å²) < 4.78 is 0. The van der Waals surface area contributed by atoms with Gasteiger partial charge in [0, 0.05) is 32.1 Å². The average Bonchev–Trinajstić information content (AvgIpc) is 3.09. The highest BCUT2D eigenvalue weighted by atomic mass is 16.4. The monoisotopic (exact) mass is 338 g/mol. The summed E-state index contributed by atoms with van der Waals surface area (Å²) in [7, 11) is 1.96. The average molecular weight is 338 g/mol. The number of carboxylic acid groups (broad SMARTS) is 2. The summed E-state index contributed by atoms with van der Waals surface area (Å²) >= 11 is 0. The van der Waals surface area contributed by atoms with Crippen LogP contribution < -0.4 is 0 Å². The maximum Gasteiger partial charge on any atom is 0.372 e. The van der Waals surface area contributed by atoms with Crippen molar-refractivity contribution in [3.05, 3.63) is 0 Å². The quantitative estimate of drug-likeness (QED) is 0.657. The van der Waals surface area contributed by atoms with Gasteiger partial charge in [0.15, 0.2) is 0 Å². The summed E-state index contributed by atoms with van der Waals surface area (Å²) in [5, 5.41) is 18.6. The van der Waals surface area contributed by atoms with Crippen molar-refractivity contribution >= 4 is 23.6 Å². The standard InChI is InChI=1S/C16H22N2O6/c1-17-4-6-18(7-5-17)14(20)11-8-2-3-9(12(11)15(21)22)10(8)13(19)16(23)24/h8-12H,2-7H2,1H3,(H,21,22)(H,23,24). The lowest BCUT2D eigenvalue weighted by Gasteiger charge is -2.37. The Morgan fingerprint density at radius 3 is 1.88 bits per heavy atom. The van der Waals surface area contributed by atoms with Crippen LogP contribution >= 0.6 is 0 Å². The molecule has 0 aromatic carbocycles. The topological polar surface area (TPSA) is 115 Å². The van der Waals surface area contributed by atoms with Gasteiger partial charge in [0.1, 0.15) is 0 Å². The second-order valence-corrected chi connectivity index (χ2v) is 7.12. The van der Waals surface area contributed by atoms with Crippen LogP contribution in [0.15, 0.2) is 0 Å². The summed E-state index contributed by atoms with van der Waals surface area (Å²) in [5.74, 6) is -7.39. The second kappa shape index (κ2) is 6.16. The molecule has 5 atom stereocenters. The zero-order valence-corrected chi connectivity index (χ0v) is 13.6. The van der Waals surface area contributed by atoms with Crippen LogP contribution in [0, 0.1) is 29.6 Å². The first-order chi connectivity index (χ1) is 11.3. The molecule has 2 saturated carbocycles. The Hall–Kier alpha value is -1.96. The highest BCUT2D eigenvalue weighted by Gasteiger charge is 2.63. The van der Waals surface area contributed by atoms with E-state index >= 15 is 0 Å². The zero-order valence-electron chi connectivity index (χ0n) is 13.6. The van der Waals surface area contributed by atoms with Crippen molar-refractivity contribution in [1.29, 1.82) is 0 Å². The lowest BCUT2D eigenvalue weighted by Crippen LogP contribution is -2.51. The smallest absolute Gasteiger partial charge is 0.372 e. The molecule has 8 heteroatoms. The molecule has 1 saturated heterocycles. The lowest BCUT2D eigenvalue weighted by atomic mass is 9.78. The molecule has 0 radical (unpaired) electrons. The van der Waals surface area contributed by atoms with Gasteiger partial charge in [0.25, 0.3) is 0 Å². The molecule has 24 heavy (non-hydrogen) atoms. The van der Waals surface area contributed by atoms with Crippen LogP contribution in [0.5, 0.6) is 0 Å². The number of nitrogens with zero attached hydrogens (tertiary/aromatic N) is 2. The van der Waals surface area contributed by atoms with Gasteiger partial charge in [-0.25, -0.2) is 4.79 Å². The number of carbonyl (C=O) groups excluding carboxylic acids is 2. The lowest BCUT2D eigenvalue weighted by molar-refractivity contribution is -0.153. The molecule has 5 unspecified atom stereocenters. The molecule has 1 aliphatic heterocycles. The van der Waals surface area contributed by atoms with E-state index in [4.69, 9.17) is 5.11 Å². The molecule has 2 bridgehead atoms. The van der Waals surface area contributed by atoms with E-state index in [1.54, 1.807) is 4.90 Å². The third-order valence-electron chi connectivity index (χ3n) is 5.96. The Kier molecular flexibility index (Phi) is 4.33. The zero-order chi connectivity index (χ0) is 17.6. The van der Waals surface area contributed by atoms with Gasteiger partial charge in [0.05, 0.1) is 11.8 Å². The maximum absolute atomic E-state index is 12.9. The van der Waals surface area contributed by atoms with Crippen LogP contribution in [0.4, 0.5) is 0 Å². The molecule has 1 amide bonds. The third-order valence-corrected chi connectivity index (χ3v) is 5.96. The van der Waals surface area contributed by atoms with Crippen molar-refractivity contribution in [1.82, 2.24) is 9.80 Å². The van der Waals surface area contributed by atoms with Crippen molar-refractivity contribution in [2.24, 2.45) is 29.6 Å². The molecule has 3 aliphatic rings. The maximum atomic E-state index is 12.9. The van der Waals surface area contributed by atoms with E-state index in [9.17, 15) is 24.3 Å². The highest BCUT2D eigenvalue weighted by molar-refractivity contribution is 6.34. The van der Waals surface area contributed by atoms with Gasteiger partial charge in [-0.3, -0.25) is 14.4 Å². The van der Waals surface area contributed by atoms with Crippen LogP contribution in [0.2, 0.25) is 0 Å². The number of piperazine rings is 1. The van der Waals surface area contributed by atoms with Gasteiger partial charge >= 0.3 is 11.9 Å². The Bertz CT molecular complexity index is 583. The van der Waals surface area contributed by atoms with E-state index in [-0.39, 0.29) is 5.91 Å². The number of amides is 1. The van der Waals surface area contributed by atoms with E-state index in [2.05, 4.69) is 4.90 Å². The van der Waals surface area contributed by atoms with Crippen molar-refractivity contribution in [3.8, 4) is 0 Å². The number of rotatable bonds is 4. The normalized spacial score (nSPS) is 35.9. The van der Waals surface area contributed by atoms with E-state index in [1.165, 1.54) is 0 Å². The largest absolute Gasteiger partial charge is 0.481 e. The summed E-state index contributed by atoms with van der Waals surface area (Å²) in [6.45, 7) is 2.52. The van der Waals surface area contributed by atoms with Gasteiger partial charge < -0.3 is 20.0 Å². The first-order valence-electron chi connectivity index (χ1n) is 8.30. The van der Waals surface area contributed by atoms with E-state index in [0.29, 0.717) is 25.9 Å². The predicted molar refractivity (Wildman–Crippen MR) is 81.0 cm³/mol. The fraction of sp³-hybridized carbons (Fsp3) is 0.750.